The number of nitrogens with two attached hydrogens (primary N) is 1. The lowest BCUT2D eigenvalue weighted by Gasteiger charge is -2.17. The summed E-state index contributed by atoms with van der Waals surface area (Å²) in [6.07, 6.45) is 3.60. The molecule has 0 radical (unpaired) electrons. The number of hydrogen-bond acceptors (Lipinski definition) is 5. The molecular weight excluding hydrogens is 444 g/mol. The highest BCUT2D eigenvalue weighted by atomic mass is 16.2. The Morgan fingerprint density at radius 2 is 2.06 bits per heavy atom. The van der Waals surface area contributed by atoms with Crippen LogP contribution >= 0.6 is 0 Å². The van der Waals surface area contributed by atoms with Crippen molar-refractivity contribution in [2.75, 3.05) is 20.6 Å². The molecule has 0 bridgehead atoms. The van der Waals surface area contributed by atoms with Crippen LogP contribution in [0.3, 0.4) is 0 Å². The van der Waals surface area contributed by atoms with Gasteiger partial charge in [-0.05, 0) is 42.7 Å². The molecule has 9 heteroatoms. The second-order valence-corrected chi connectivity index (χ2v) is 8.75. The zero-order chi connectivity index (χ0) is 25.1. The summed E-state index contributed by atoms with van der Waals surface area (Å²) in [7, 11) is 3.54. The van der Waals surface area contributed by atoms with Gasteiger partial charge in [-0.3, -0.25) is 14.4 Å². The lowest BCUT2D eigenvalue weighted by atomic mass is 10.1. The molecule has 1 aliphatic heterocycles. The third-order valence-electron chi connectivity index (χ3n) is 6.07. The van der Waals surface area contributed by atoms with E-state index in [4.69, 9.17) is 5.73 Å². The number of hydrogen-bond donors (Lipinski definition) is 1. The quantitative estimate of drug-likeness (QED) is 0.552. The lowest BCUT2D eigenvalue weighted by Crippen LogP contribution is -2.25. The molecule has 9 nitrogen and oxygen atoms in total. The number of aromatic nitrogens is 3. The molecule has 3 heterocycles. The average Bonchev–Trinajstić information content (AvgIpc) is 3.38. The summed E-state index contributed by atoms with van der Waals surface area (Å²) in [4.78, 5) is 44.2. The highest BCUT2D eigenvalue weighted by molar-refractivity contribution is 6.04. The summed E-state index contributed by atoms with van der Waals surface area (Å²) in [5.74, 6) is 5.75. The monoisotopic (exact) mass is 472 g/mol. The molecule has 180 valence electrons. The van der Waals surface area contributed by atoms with Crippen LogP contribution in [-0.2, 0) is 16.1 Å². The van der Waals surface area contributed by atoms with Crippen molar-refractivity contribution < 1.29 is 14.4 Å². The number of benzene rings is 1. The molecule has 3 amide bonds. The Kier molecular flexibility index (Phi) is 6.82. The molecule has 1 fully saturated rings. The number of rotatable bonds is 6. The van der Waals surface area contributed by atoms with Crippen molar-refractivity contribution in [2.45, 2.75) is 32.7 Å². The molecule has 2 aromatic heterocycles. The highest BCUT2D eigenvalue weighted by Crippen LogP contribution is 2.24. The van der Waals surface area contributed by atoms with E-state index in [1.54, 1.807) is 46.9 Å². The number of carbonyl (C=O) groups is 3. The third kappa shape index (κ3) is 5.01. The Bertz CT molecular complexity index is 1370. The van der Waals surface area contributed by atoms with Crippen LogP contribution in [0.2, 0.25) is 0 Å². The minimum Gasteiger partial charge on any atom is -0.364 e. The molecule has 0 spiro atoms. The maximum absolute atomic E-state index is 12.2. The van der Waals surface area contributed by atoms with E-state index < -0.39 is 5.91 Å². The summed E-state index contributed by atoms with van der Waals surface area (Å²) < 4.78 is 1.56. The Hall–Kier alpha value is -4.19. The fourth-order valence-corrected chi connectivity index (χ4v) is 4.13. The maximum Gasteiger partial charge on any atom is 0.269 e. The summed E-state index contributed by atoms with van der Waals surface area (Å²) >= 11 is 0. The smallest absolute Gasteiger partial charge is 0.269 e. The van der Waals surface area contributed by atoms with E-state index in [1.807, 2.05) is 25.1 Å². The molecule has 2 N–H and O–H groups in total. The zero-order valence-corrected chi connectivity index (χ0v) is 20.1. The Morgan fingerprint density at radius 3 is 2.74 bits per heavy atom. The minimum atomic E-state index is -0.652. The zero-order valence-electron chi connectivity index (χ0n) is 20.1. The van der Waals surface area contributed by atoms with Gasteiger partial charge in [-0.25, -0.2) is 9.67 Å². The second kappa shape index (κ2) is 9.97. The molecule has 0 unspecified atom stereocenters. The Balaban J connectivity index is 1.67. The fourth-order valence-electron chi connectivity index (χ4n) is 4.13. The SMILES string of the molecule is CCCC(=O)N(C)Cc1ccc2c(c1)c(C(N)=O)nn2-c1cc(C#C[C@@H]2CCN(C)C2=O)ccn1. The van der Waals surface area contributed by atoms with Crippen LogP contribution in [-0.4, -0.2) is 62.9 Å². The average molecular weight is 473 g/mol. The molecule has 1 aromatic carbocycles. The van der Waals surface area contributed by atoms with Crippen molar-refractivity contribution in [1.82, 2.24) is 24.6 Å². The van der Waals surface area contributed by atoms with Gasteiger partial charge in [0.15, 0.2) is 11.5 Å². The molecule has 4 rings (SSSR count). The van der Waals surface area contributed by atoms with Crippen LogP contribution < -0.4 is 5.73 Å². The second-order valence-electron chi connectivity index (χ2n) is 8.75. The predicted molar refractivity (Wildman–Crippen MR) is 131 cm³/mol. The normalized spacial score (nSPS) is 15.2. The van der Waals surface area contributed by atoms with E-state index in [-0.39, 0.29) is 23.4 Å². The molecule has 0 saturated carbocycles. The van der Waals surface area contributed by atoms with Gasteiger partial charge in [0, 0.05) is 50.8 Å². The van der Waals surface area contributed by atoms with Gasteiger partial charge in [-0.15, -0.1) is 0 Å². The van der Waals surface area contributed by atoms with Crippen LogP contribution in [0.1, 0.15) is 47.8 Å². The standard InChI is InChI=1S/C26H28N6O3/c1-4-5-23(33)31(3)16-18-7-9-21-20(14-18)24(25(27)34)29-32(21)22-15-17(10-12-28-22)6-8-19-11-13-30(2)26(19)35/h7,9-10,12,14-15,19H,4-5,11,13,16H2,1-3H3,(H2,27,34)/t19-/m1/s1. The summed E-state index contributed by atoms with van der Waals surface area (Å²) in [6.45, 7) is 3.09. The van der Waals surface area contributed by atoms with Crippen molar-refractivity contribution in [2.24, 2.45) is 11.7 Å². The van der Waals surface area contributed by atoms with Crippen LogP contribution in [0.25, 0.3) is 16.7 Å². The van der Waals surface area contributed by atoms with Gasteiger partial charge in [-0.1, -0.05) is 24.8 Å². The van der Waals surface area contributed by atoms with E-state index in [2.05, 4.69) is 21.9 Å². The topological polar surface area (TPSA) is 114 Å². The largest absolute Gasteiger partial charge is 0.364 e. The van der Waals surface area contributed by atoms with Gasteiger partial charge < -0.3 is 15.5 Å². The van der Waals surface area contributed by atoms with E-state index >= 15 is 0 Å². The van der Waals surface area contributed by atoms with Crippen LogP contribution in [0.5, 0.6) is 0 Å². The van der Waals surface area contributed by atoms with Crippen LogP contribution in [0.15, 0.2) is 36.5 Å². The van der Waals surface area contributed by atoms with Crippen molar-refractivity contribution in [1.29, 1.82) is 0 Å². The first-order valence-corrected chi connectivity index (χ1v) is 11.6. The molecule has 1 aliphatic rings. The van der Waals surface area contributed by atoms with Gasteiger partial charge in [0.2, 0.25) is 11.8 Å². The van der Waals surface area contributed by atoms with E-state index in [0.717, 1.165) is 12.0 Å². The summed E-state index contributed by atoms with van der Waals surface area (Å²) in [6, 6.07) is 9.10. The number of primary amides is 1. The van der Waals surface area contributed by atoms with Crippen LogP contribution in [0, 0.1) is 17.8 Å². The number of nitrogens with zero attached hydrogens (tertiary/aromatic N) is 5. The van der Waals surface area contributed by atoms with Gasteiger partial charge in [0.1, 0.15) is 5.92 Å². The first-order chi connectivity index (χ1) is 16.8. The highest BCUT2D eigenvalue weighted by Gasteiger charge is 2.27. The Labute approximate surface area is 203 Å². The lowest BCUT2D eigenvalue weighted by molar-refractivity contribution is -0.130. The van der Waals surface area contributed by atoms with Gasteiger partial charge in [0.25, 0.3) is 5.91 Å². The number of amides is 3. The molecule has 35 heavy (non-hydrogen) atoms. The van der Waals surface area contributed by atoms with Gasteiger partial charge in [0.05, 0.1) is 5.52 Å². The number of fused-ring (bicyclic) bond motifs is 1. The molecular formula is C26H28N6O3. The number of likely N-dealkylation sites (tertiary alicyclic amines) is 1. The number of carbonyl (C=O) groups excluding carboxylic acids is 3. The third-order valence-corrected chi connectivity index (χ3v) is 6.07. The van der Waals surface area contributed by atoms with Crippen molar-refractivity contribution in [3.8, 4) is 17.7 Å². The van der Waals surface area contributed by atoms with E-state index in [0.29, 0.717) is 48.2 Å². The summed E-state index contributed by atoms with van der Waals surface area (Å²) in [5.41, 5.74) is 7.97. The predicted octanol–water partition coefficient (Wildman–Crippen LogP) is 2.11. The first kappa shape index (κ1) is 24.0. The molecule has 1 saturated heterocycles. The van der Waals surface area contributed by atoms with Crippen molar-refractivity contribution in [3.05, 3.63) is 53.3 Å². The molecule has 3 aromatic rings. The number of pyridine rings is 1. The van der Waals surface area contributed by atoms with E-state index in [9.17, 15) is 14.4 Å². The maximum atomic E-state index is 12.2. The van der Waals surface area contributed by atoms with Crippen molar-refractivity contribution in [3.63, 3.8) is 0 Å². The molecule has 0 aliphatic carbocycles. The fraction of sp³-hybridized carbons (Fsp3) is 0.346. The molecule has 1 atom stereocenters. The van der Waals surface area contributed by atoms with E-state index in [1.165, 1.54) is 0 Å². The van der Waals surface area contributed by atoms with Gasteiger partial charge >= 0.3 is 0 Å². The van der Waals surface area contributed by atoms with Gasteiger partial charge in [-0.2, -0.15) is 5.10 Å². The summed E-state index contributed by atoms with van der Waals surface area (Å²) in [5, 5.41) is 5.02. The Morgan fingerprint density at radius 1 is 1.26 bits per heavy atom. The van der Waals surface area contributed by atoms with Crippen LogP contribution in [0.4, 0.5) is 0 Å². The van der Waals surface area contributed by atoms with Crippen molar-refractivity contribution >= 4 is 28.6 Å². The minimum absolute atomic E-state index is 0.0359. The first-order valence-electron chi connectivity index (χ1n) is 11.6.